The van der Waals surface area contributed by atoms with E-state index < -0.39 is 11.5 Å². The molecule has 4 aromatic rings. The number of hydrogen-bond acceptors (Lipinski definition) is 4. The normalized spacial score (nSPS) is 10.8. The monoisotopic (exact) mass is 443 g/mol. The van der Waals surface area contributed by atoms with Crippen molar-refractivity contribution >= 4 is 28.5 Å². The molecule has 33 heavy (non-hydrogen) atoms. The Hall–Kier alpha value is -4.20. The Labute approximate surface area is 190 Å². The molecule has 2 amide bonds. The molecule has 0 aliphatic heterocycles. The second-order valence-electron chi connectivity index (χ2n) is 7.68. The summed E-state index contributed by atoms with van der Waals surface area (Å²) in [7, 11) is 0. The van der Waals surface area contributed by atoms with Crippen molar-refractivity contribution in [3.63, 3.8) is 0 Å². The third-order valence-corrected chi connectivity index (χ3v) is 5.41. The summed E-state index contributed by atoms with van der Waals surface area (Å²) in [4.78, 5) is 42.4. The van der Waals surface area contributed by atoms with Crippen molar-refractivity contribution < 1.29 is 9.59 Å². The Morgan fingerprint density at radius 2 is 1.82 bits per heavy atom. The largest absolute Gasteiger partial charge is 0.348 e. The number of fused-ring (bicyclic) bond motifs is 1. The number of nitrogens with one attached hydrogen (secondary N) is 2. The number of amides is 2. The molecule has 2 N–H and O–H groups in total. The Bertz CT molecular complexity index is 1370. The van der Waals surface area contributed by atoms with Crippen molar-refractivity contribution in [2.45, 2.75) is 33.5 Å². The van der Waals surface area contributed by atoms with Gasteiger partial charge in [0.2, 0.25) is 5.91 Å². The highest BCUT2D eigenvalue weighted by Gasteiger charge is 2.14. The fourth-order valence-corrected chi connectivity index (χ4v) is 3.79. The maximum absolute atomic E-state index is 12.8. The van der Waals surface area contributed by atoms with Crippen molar-refractivity contribution in [1.29, 1.82) is 0 Å². The maximum Gasteiger partial charge on any atom is 0.263 e. The summed E-state index contributed by atoms with van der Waals surface area (Å²) in [6.45, 7) is 4.91. The van der Waals surface area contributed by atoms with E-state index in [1.807, 2.05) is 55.5 Å². The van der Waals surface area contributed by atoms with Crippen LogP contribution in [0.15, 0.2) is 71.7 Å². The Morgan fingerprint density at radius 1 is 1.03 bits per heavy atom. The van der Waals surface area contributed by atoms with E-state index in [1.54, 1.807) is 6.07 Å². The van der Waals surface area contributed by atoms with Crippen LogP contribution in [-0.2, 0) is 24.4 Å². The molecule has 0 spiro atoms. The molecule has 0 bridgehead atoms. The van der Waals surface area contributed by atoms with Gasteiger partial charge in [0.25, 0.3) is 11.5 Å². The summed E-state index contributed by atoms with van der Waals surface area (Å²) >= 11 is 0. The summed E-state index contributed by atoms with van der Waals surface area (Å²) in [5.74, 6) is 0.0563. The number of aromatic nitrogens is 3. The first-order valence-corrected chi connectivity index (χ1v) is 10.7. The van der Waals surface area contributed by atoms with E-state index >= 15 is 0 Å². The second kappa shape index (κ2) is 9.52. The van der Waals surface area contributed by atoms with E-state index in [0.717, 1.165) is 29.0 Å². The molecule has 0 saturated heterocycles. The van der Waals surface area contributed by atoms with Crippen molar-refractivity contribution in [1.82, 2.24) is 19.4 Å². The minimum atomic E-state index is -0.522. The molecular formula is C25H25N5O3. The summed E-state index contributed by atoms with van der Waals surface area (Å²) in [5, 5.41) is 5.55. The van der Waals surface area contributed by atoms with Gasteiger partial charge in [-0.05, 0) is 49.7 Å². The van der Waals surface area contributed by atoms with Crippen LogP contribution in [0.2, 0.25) is 0 Å². The van der Waals surface area contributed by atoms with Crippen molar-refractivity contribution in [3.8, 4) is 0 Å². The molecule has 0 unspecified atom stereocenters. The van der Waals surface area contributed by atoms with Crippen LogP contribution in [0.5, 0.6) is 0 Å². The van der Waals surface area contributed by atoms with E-state index in [2.05, 4.69) is 27.1 Å². The van der Waals surface area contributed by atoms with Crippen molar-refractivity contribution in [3.05, 3.63) is 94.2 Å². The van der Waals surface area contributed by atoms with E-state index in [4.69, 9.17) is 0 Å². The third-order valence-electron chi connectivity index (χ3n) is 5.41. The van der Waals surface area contributed by atoms with Crippen LogP contribution < -0.4 is 16.2 Å². The molecule has 0 radical (unpaired) electrons. The SMILES string of the molecule is CCn1c(C)nc2cc(NC(=O)Cn3cccc(C(=O)NCc4ccccc4)c3=O)ccc21. The van der Waals surface area contributed by atoms with Gasteiger partial charge in [-0.15, -0.1) is 0 Å². The number of pyridine rings is 1. The average molecular weight is 444 g/mol. The topological polar surface area (TPSA) is 98.0 Å². The first kappa shape index (κ1) is 22.0. The van der Waals surface area contributed by atoms with Gasteiger partial charge in [-0.25, -0.2) is 4.98 Å². The van der Waals surface area contributed by atoms with E-state index in [0.29, 0.717) is 12.2 Å². The number of hydrogen-bond donors (Lipinski definition) is 2. The zero-order valence-electron chi connectivity index (χ0n) is 18.5. The van der Waals surface area contributed by atoms with Crippen LogP contribution in [0.4, 0.5) is 5.69 Å². The first-order valence-electron chi connectivity index (χ1n) is 10.7. The predicted octanol–water partition coefficient (Wildman–Crippen LogP) is 3.10. The van der Waals surface area contributed by atoms with Gasteiger partial charge in [0.1, 0.15) is 17.9 Å². The number of nitrogens with zero attached hydrogens (tertiary/aromatic N) is 3. The van der Waals surface area contributed by atoms with Gasteiger partial charge >= 0.3 is 0 Å². The molecule has 0 aliphatic rings. The third kappa shape index (κ3) is 4.85. The van der Waals surface area contributed by atoms with Crippen molar-refractivity contribution in [2.75, 3.05) is 5.32 Å². The molecule has 168 valence electrons. The van der Waals surface area contributed by atoms with E-state index in [1.165, 1.54) is 16.8 Å². The summed E-state index contributed by atoms with van der Waals surface area (Å²) in [6.07, 6.45) is 1.49. The number of rotatable bonds is 7. The average Bonchev–Trinajstić information content (AvgIpc) is 3.13. The Kier molecular flexibility index (Phi) is 6.35. The smallest absolute Gasteiger partial charge is 0.263 e. The fourth-order valence-electron chi connectivity index (χ4n) is 3.79. The second-order valence-corrected chi connectivity index (χ2v) is 7.68. The Balaban J connectivity index is 1.44. The minimum absolute atomic E-state index is 0.0109. The fraction of sp³-hybridized carbons (Fsp3) is 0.200. The molecule has 0 fully saturated rings. The highest BCUT2D eigenvalue weighted by Crippen LogP contribution is 2.20. The lowest BCUT2D eigenvalue weighted by molar-refractivity contribution is -0.116. The molecule has 4 rings (SSSR count). The van der Waals surface area contributed by atoms with Gasteiger partial charge in [0.15, 0.2) is 0 Å². The number of carbonyl (C=O) groups excluding carboxylic acids is 2. The Morgan fingerprint density at radius 3 is 2.58 bits per heavy atom. The van der Waals surface area contributed by atoms with Crippen LogP contribution in [0, 0.1) is 6.92 Å². The van der Waals surface area contributed by atoms with Gasteiger partial charge in [-0.1, -0.05) is 30.3 Å². The van der Waals surface area contributed by atoms with Crippen LogP contribution in [0.1, 0.15) is 28.7 Å². The van der Waals surface area contributed by atoms with Gasteiger partial charge in [-0.3, -0.25) is 14.4 Å². The van der Waals surface area contributed by atoms with E-state index in [-0.39, 0.29) is 18.0 Å². The molecule has 2 aromatic carbocycles. The number of anilines is 1. The van der Waals surface area contributed by atoms with Gasteiger partial charge in [0.05, 0.1) is 11.0 Å². The molecule has 2 heterocycles. The van der Waals surface area contributed by atoms with E-state index in [9.17, 15) is 14.4 Å². The quantitative estimate of drug-likeness (QED) is 0.459. The molecular weight excluding hydrogens is 418 g/mol. The number of imidazole rings is 1. The van der Waals surface area contributed by atoms with Gasteiger partial charge in [0, 0.05) is 25.0 Å². The van der Waals surface area contributed by atoms with Crippen LogP contribution in [-0.4, -0.2) is 25.9 Å². The highest BCUT2D eigenvalue weighted by atomic mass is 16.2. The zero-order chi connectivity index (χ0) is 23.4. The molecule has 0 aliphatic carbocycles. The molecule has 8 nitrogen and oxygen atoms in total. The van der Waals surface area contributed by atoms with Crippen LogP contribution in [0.25, 0.3) is 11.0 Å². The standard InChI is InChI=1S/C25H25N5O3/c1-3-30-17(2)27-21-14-19(11-12-22(21)30)28-23(31)16-29-13-7-10-20(25(29)33)24(32)26-15-18-8-5-4-6-9-18/h4-14H,3,15-16H2,1-2H3,(H,26,32)(H,28,31). The minimum Gasteiger partial charge on any atom is -0.348 e. The number of aryl methyl sites for hydroxylation is 2. The van der Waals surface area contributed by atoms with Gasteiger partial charge in [-0.2, -0.15) is 0 Å². The zero-order valence-corrected chi connectivity index (χ0v) is 18.5. The first-order chi connectivity index (χ1) is 16.0. The highest BCUT2D eigenvalue weighted by molar-refractivity contribution is 5.94. The molecule has 2 aromatic heterocycles. The lowest BCUT2D eigenvalue weighted by atomic mass is 10.2. The lowest BCUT2D eigenvalue weighted by Gasteiger charge is -2.10. The number of carbonyl (C=O) groups is 2. The number of benzene rings is 2. The van der Waals surface area contributed by atoms with Gasteiger partial charge < -0.3 is 19.8 Å². The maximum atomic E-state index is 12.8. The molecule has 0 saturated carbocycles. The molecule has 0 atom stereocenters. The lowest BCUT2D eigenvalue weighted by Crippen LogP contribution is -2.34. The predicted molar refractivity (Wildman–Crippen MR) is 127 cm³/mol. The summed E-state index contributed by atoms with van der Waals surface area (Å²) < 4.78 is 3.32. The summed E-state index contributed by atoms with van der Waals surface area (Å²) in [6, 6.07) is 18.0. The molecule has 8 heteroatoms. The van der Waals surface area contributed by atoms with Crippen molar-refractivity contribution in [2.24, 2.45) is 0 Å². The van der Waals surface area contributed by atoms with Crippen LogP contribution in [0.3, 0.4) is 0 Å². The summed E-state index contributed by atoms with van der Waals surface area (Å²) in [5.41, 5.74) is 2.78. The van der Waals surface area contributed by atoms with Crippen LogP contribution >= 0.6 is 0 Å².